The summed E-state index contributed by atoms with van der Waals surface area (Å²) in [5, 5.41) is 6.25. The third kappa shape index (κ3) is 3.28. The van der Waals surface area contributed by atoms with Crippen LogP contribution in [-0.2, 0) is 10.8 Å². The van der Waals surface area contributed by atoms with Gasteiger partial charge in [-0.1, -0.05) is 80.6 Å². The van der Waals surface area contributed by atoms with Crippen molar-refractivity contribution in [1.82, 2.24) is 4.58 Å². The third-order valence-corrected chi connectivity index (χ3v) is 7.73. The van der Waals surface area contributed by atoms with Crippen LogP contribution in [0.2, 0.25) is 0 Å². The van der Waals surface area contributed by atoms with Crippen molar-refractivity contribution in [3.05, 3.63) is 126 Å². The van der Waals surface area contributed by atoms with Crippen molar-refractivity contribution in [2.24, 2.45) is 0 Å². The van der Waals surface area contributed by atoms with Crippen molar-refractivity contribution in [2.45, 2.75) is 38.5 Å². The molecule has 0 aliphatic carbocycles. The second-order valence-corrected chi connectivity index (χ2v) is 10.6. The maximum Gasteiger partial charge on any atom is 0.216 e. The fourth-order valence-corrected chi connectivity index (χ4v) is 5.85. The normalized spacial score (nSPS) is 18.8. The zero-order chi connectivity index (χ0) is 24.2. The molecule has 0 atom stereocenters. The molecule has 2 heteroatoms. The predicted octanol–water partition coefficient (Wildman–Crippen LogP) is 8.25. The van der Waals surface area contributed by atoms with E-state index in [-0.39, 0.29) is 10.8 Å². The van der Waals surface area contributed by atoms with Gasteiger partial charge in [-0.3, -0.25) is 0 Å². The molecule has 2 nitrogen and oxygen atoms in total. The van der Waals surface area contributed by atoms with Crippen LogP contribution in [0.25, 0.3) is 10.8 Å². The second-order valence-electron chi connectivity index (χ2n) is 10.6. The summed E-state index contributed by atoms with van der Waals surface area (Å²) in [6.07, 6.45) is 6.76. The number of nitrogens with one attached hydrogen (secondary N) is 1. The molecule has 2 heterocycles. The summed E-state index contributed by atoms with van der Waals surface area (Å²) in [7, 11) is 0. The van der Waals surface area contributed by atoms with Crippen LogP contribution in [0.1, 0.15) is 38.8 Å². The van der Waals surface area contributed by atoms with Gasteiger partial charge in [-0.15, -0.1) is 0 Å². The highest BCUT2D eigenvalue weighted by atomic mass is 15.1. The van der Waals surface area contributed by atoms with Gasteiger partial charge < -0.3 is 5.32 Å². The highest BCUT2D eigenvalue weighted by Crippen LogP contribution is 2.46. The van der Waals surface area contributed by atoms with E-state index in [0.717, 1.165) is 0 Å². The molecule has 0 bridgehead atoms. The second kappa shape index (κ2) is 7.81. The maximum atomic E-state index is 3.64. The number of fused-ring (bicyclic) bond motifs is 4. The van der Waals surface area contributed by atoms with E-state index in [0.29, 0.717) is 0 Å². The lowest BCUT2D eigenvalue weighted by Crippen LogP contribution is -2.27. The molecule has 4 aromatic rings. The van der Waals surface area contributed by atoms with E-state index in [9.17, 15) is 0 Å². The van der Waals surface area contributed by atoms with Gasteiger partial charge in [0.05, 0.1) is 5.41 Å². The van der Waals surface area contributed by atoms with E-state index in [2.05, 4.69) is 147 Å². The summed E-state index contributed by atoms with van der Waals surface area (Å²) in [4.78, 5) is 0. The van der Waals surface area contributed by atoms with E-state index >= 15 is 0 Å². The first kappa shape index (κ1) is 21.6. The summed E-state index contributed by atoms with van der Waals surface area (Å²) >= 11 is 0. The number of benzene rings is 4. The van der Waals surface area contributed by atoms with Gasteiger partial charge in [-0.05, 0) is 48.4 Å². The van der Waals surface area contributed by atoms with Crippen LogP contribution in [0.15, 0.2) is 115 Å². The standard InChI is InChI=1S/C33H30N2/c1-32(2)26-17-10-11-18-27(26)34-29(32)19-12-20-30-33(3,4)31-25-16-9-8-13-23(25)21-22-28(31)35(30)24-14-6-5-7-15-24/h5-22H,1-4H3/p+1. The summed E-state index contributed by atoms with van der Waals surface area (Å²) < 4.78 is 2.43. The fourth-order valence-electron chi connectivity index (χ4n) is 5.85. The quantitative estimate of drug-likeness (QED) is 0.307. The van der Waals surface area contributed by atoms with Crippen molar-refractivity contribution in [2.75, 3.05) is 5.32 Å². The topological polar surface area (TPSA) is 15.0 Å². The summed E-state index contributed by atoms with van der Waals surface area (Å²) in [5.74, 6) is 0. The van der Waals surface area contributed by atoms with Gasteiger partial charge in [0.15, 0.2) is 5.71 Å². The number of hydrogen-bond donors (Lipinski definition) is 1. The molecule has 0 unspecified atom stereocenters. The minimum absolute atomic E-state index is 0.0466. The Morgan fingerprint density at radius 2 is 1.43 bits per heavy atom. The van der Waals surface area contributed by atoms with Crippen LogP contribution in [-0.4, -0.2) is 5.71 Å². The highest BCUT2D eigenvalue weighted by Gasteiger charge is 2.46. The molecule has 35 heavy (non-hydrogen) atoms. The molecule has 0 saturated carbocycles. The molecule has 2 aliphatic rings. The van der Waals surface area contributed by atoms with Crippen LogP contribution in [0, 0.1) is 0 Å². The minimum Gasteiger partial charge on any atom is -0.358 e. The summed E-state index contributed by atoms with van der Waals surface area (Å²) in [6.45, 7) is 9.27. The van der Waals surface area contributed by atoms with Gasteiger partial charge >= 0.3 is 0 Å². The van der Waals surface area contributed by atoms with E-state index in [1.165, 1.54) is 50.4 Å². The Kier molecular flexibility index (Phi) is 4.82. The molecule has 0 radical (unpaired) electrons. The predicted molar refractivity (Wildman–Crippen MR) is 150 cm³/mol. The average molecular weight is 456 g/mol. The molecular weight excluding hydrogens is 424 g/mol. The van der Waals surface area contributed by atoms with Crippen molar-refractivity contribution < 1.29 is 0 Å². The molecule has 0 aromatic heterocycles. The number of hydrogen-bond acceptors (Lipinski definition) is 1. The van der Waals surface area contributed by atoms with E-state index in [4.69, 9.17) is 0 Å². The zero-order valence-corrected chi connectivity index (χ0v) is 20.8. The first-order valence-corrected chi connectivity index (χ1v) is 12.4. The Morgan fingerprint density at radius 3 is 2.23 bits per heavy atom. The molecule has 0 saturated heterocycles. The Morgan fingerprint density at radius 1 is 0.714 bits per heavy atom. The molecule has 4 aromatic carbocycles. The molecular formula is C33H31N2+. The van der Waals surface area contributed by atoms with Crippen LogP contribution in [0.4, 0.5) is 17.1 Å². The van der Waals surface area contributed by atoms with Gasteiger partial charge in [0, 0.05) is 46.6 Å². The van der Waals surface area contributed by atoms with Crippen molar-refractivity contribution in [1.29, 1.82) is 0 Å². The van der Waals surface area contributed by atoms with E-state index < -0.39 is 0 Å². The molecule has 6 rings (SSSR count). The number of allylic oxidation sites excluding steroid dienone is 4. The van der Waals surface area contributed by atoms with Crippen LogP contribution >= 0.6 is 0 Å². The zero-order valence-electron chi connectivity index (χ0n) is 20.8. The minimum atomic E-state index is -0.150. The van der Waals surface area contributed by atoms with Gasteiger partial charge in [0.1, 0.15) is 0 Å². The lowest BCUT2D eigenvalue weighted by molar-refractivity contribution is 0.654. The van der Waals surface area contributed by atoms with Crippen LogP contribution < -0.4 is 9.89 Å². The number of rotatable bonds is 3. The van der Waals surface area contributed by atoms with Gasteiger partial charge in [-0.2, -0.15) is 4.58 Å². The summed E-state index contributed by atoms with van der Waals surface area (Å²) in [5.41, 5.74) is 8.69. The van der Waals surface area contributed by atoms with Crippen molar-refractivity contribution in [3.63, 3.8) is 0 Å². The smallest absolute Gasteiger partial charge is 0.216 e. The van der Waals surface area contributed by atoms with Crippen molar-refractivity contribution in [3.8, 4) is 0 Å². The molecule has 0 fully saturated rings. The van der Waals surface area contributed by atoms with Crippen molar-refractivity contribution >= 4 is 33.5 Å². The number of nitrogens with zero attached hydrogens (tertiary/aromatic N) is 1. The first-order valence-electron chi connectivity index (χ1n) is 12.4. The fraction of sp³-hybridized carbons (Fsp3) is 0.182. The SMILES string of the molecule is CC1(C)C(/C=C/C=C2/Nc3ccccc3C2(C)C)=[N+](c2ccccc2)c2ccc3ccccc3c21. The van der Waals surface area contributed by atoms with Crippen LogP contribution in [0.3, 0.4) is 0 Å². The Hall–Kier alpha value is -3.91. The molecule has 0 amide bonds. The van der Waals surface area contributed by atoms with E-state index in [1.807, 2.05) is 0 Å². The Labute approximate surface area is 208 Å². The number of anilines is 1. The Balaban J connectivity index is 1.50. The van der Waals surface area contributed by atoms with Gasteiger partial charge in [-0.25, -0.2) is 0 Å². The highest BCUT2D eigenvalue weighted by molar-refractivity contribution is 6.14. The Bertz CT molecular complexity index is 1550. The molecule has 1 N–H and O–H groups in total. The molecule has 2 aliphatic heterocycles. The monoisotopic (exact) mass is 455 g/mol. The first-order chi connectivity index (χ1) is 16.9. The van der Waals surface area contributed by atoms with Crippen LogP contribution in [0.5, 0.6) is 0 Å². The van der Waals surface area contributed by atoms with E-state index in [1.54, 1.807) is 0 Å². The lowest BCUT2D eigenvalue weighted by Gasteiger charge is -2.20. The molecule has 0 spiro atoms. The van der Waals surface area contributed by atoms with Gasteiger partial charge in [0.2, 0.25) is 11.4 Å². The van der Waals surface area contributed by atoms with Gasteiger partial charge in [0.25, 0.3) is 0 Å². The third-order valence-electron chi connectivity index (χ3n) is 7.73. The molecule has 172 valence electrons. The maximum absolute atomic E-state index is 3.64. The lowest BCUT2D eigenvalue weighted by atomic mass is 9.79. The largest absolute Gasteiger partial charge is 0.358 e. The average Bonchev–Trinajstić information content (AvgIpc) is 3.26. The number of para-hydroxylation sites is 2. The summed E-state index contributed by atoms with van der Waals surface area (Å²) in [6, 6.07) is 32.6.